The van der Waals surface area contributed by atoms with E-state index in [0.29, 0.717) is 0 Å². The predicted molar refractivity (Wildman–Crippen MR) is 87.4 cm³/mol. The molecule has 8 nitrogen and oxygen atoms in total. The molecule has 1 amide bonds. The van der Waals surface area contributed by atoms with Crippen LogP contribution >= 0.6 is 0 Å². The average Bonchev–Trinajstić information content (AvgIpc) is 2.59. The third-order valence-corrected chi connectivity index (χ3v) is 4.31. The highest BCUT2D eigenvalue weighted by Gasteiger charge is 2.23. The molecule has 0 aromatic heterocycles. The SMILES string of the molecule is CN(C(=O)COC(=O)c1ccc([N+](=O)[O-])cc1N)C1CCCCC1. The lowest BCUT2D eigenvalue weighted by Crippen LogP contribution is -2.40. The number of nitrogen functional groups attached to an aromatic ring is 1. The lowest BCUT2D eigenvalue weighted by Gasteiger charge is -2.31. The maximum absolute atomic E-state index is 12.1. The molecule has 1 aromatic rings. The summed E-state index contributed by atoms with van der Waals surface area (Å²) in [5.74, 6) is -1.04. The molecule has 0 heterocycles. The Labute approximate surface area is 139 Å². The maximum Gasteiger partial charge on any atom is 0.340 e. The van der Waals surface area contributed by atoms with Gasteiger partial charge in [0.1, 0.15) is 0 Å². The molecule has 0 unspecified atom stereocenters. The Morgan fingerprint density at radius 2 is 2.00 bits per heavy atom. The Kier molecular flexibility index (Phi) is 5.73. The normalized spacial score (nSPS) is 14.9. The maximum atomic E-state index is 12.1. The first-order chi connectivity index (χ1) is 11.4. The third kappa shape index (κ3) is 4.21. The van der Waals surface area contributed by atoms with Gasteiger partial charge < -0.3 is 15.4 Å². The number of carbonyl (C=O) groups excluding carboxylic acids is 2. The summed E-state index contributed by atoms with van der Waals surface area (Å²) in [7, 11) is 1.71. The predicted octanol–water partition coefficient (Wildman–Crippen LogP) is 2.12. The van der Waals surface area contributed by atoms with Crippen LogP contribution in [0.3, 0.4) is 0 Å². The van der Waals surface area contributed by atoms with Gasteiger partial charge in [0.2, 0.25) is 0 Å². The van der Waals surface area contributed by atoms with Crippen molar-refractivity contribution in [3.05, 3.63) is 33.9 Å². The van der Waals surface area contributed by atoms with Crippen LogP contribution < -0.4 is 5.73 Å². The van der Waals surface area contributed by atoms with Crippen molar-refractivity contribution in [2.24, 2.45) is 0 Å². The van der Waals surface area contributed by atoms with Crippen molar-refractivity contribution in [1.29, 1.82) is 0 Å². The second-order valence-electron chi connectivity index (χ2n) is 5.90. The van der Waals surface area contributed by atoms with E-state index in [4.69, 9.17) is 10.5 Å². The number of nitro benzene ring substituents is 1. The fourth-order valence-electron chi connectivity index (χ4n) is 2.83. The zero-order valence-electron chi connectivity index (χ0n) is 13.6. The topological polar surface area (TPSA) is 116 Å². The number of nitro groups is 1. The van der Waals surface area contributed by atoms with Crippen LogP contribution in [-0.4, -0.2) is 41.4 Å². The van der Waals surface area contributed by atoms with E-state index in [2.05, 4.69) is 0 Å². The lowest BCUT2D eigenvalue weighted by atomic mass is 9.94. The molecular formula is C16H21N3O5. The van der Waals surface area contributed by atoms with Crippen molar-refractivity contribution >= 4 is 23.3 Å². The molecule has 0 spiro atoms. The number of amides is 1. The Morgan fingerprint density at radius 1 is 1.33 bits per heavy atom. The number of hydrogen-bond acceptors (Lipinski definition) is 6. The molecule has 0 radical (unpaired) electrons. The van der Waals surface area contributed by atoms with Crippen molar-refractivity contribution in [1.82, 2.24) is 4.90 Å². The van der Waals surface area contributed by atoms with Gasteiger partial charge >= 0.3 is 5.97 Å². The fourth-order valence-corrected chi connectivity index (χ4v) is 2.83. The van der Waals surface area contributed by atoms with Crippen LogP contribution in [0.2, 0.25) is 0 Å². The van der Waals surface area contributed by atoms with Gasteiger partial charge in [-0.2, -0.15) is 0 Å². The number of likely N-dealkylation sites (N-methyl/N-ethyl adjacent to an activating group) is 1. The van der Waals surface area contributed by atoms with Crippen LogP contribution in [0.4, 0.5) is 11.4 Å². The smallest absolute Gasteiger partial charge is 0.340 e. The second-order valence-corrected chi connectivity index (χ2v) is 5.90. The van der Waals surface area contributed by atoms with E-state index in [1.165, 1.54) is 18.6 Å². The van der Waals surface area contributed by atoms with E-state index in [0.717, 1.165) is 31.7 Å². The van der Waals surface area contributed by atoms with Crippen LogP contribution in [0.25, 0.3) is 0 Å². The Balaban J connectivity index is 1.92. The summed E-state index contributed by atoms with van der Waals surface area (Å²) in [6.07, 6.45) is 5.31. The zero-order chi connectivity index (χ0) is 17.7. The summed E-state index contributed by atoms with van der Waals surface area (Å²) >= 11 is 0. The van der Waals surface area contributed by atoms with E-state index in [1.807, 2.05) is 0 Å². The van der Waals surface area contributed by atoms with Gasteiger partial charge in [-0.3, -0.25) is 14.9 Å². The minimum Gasteiger partial charge on any atom is -0.452 e. The van der Waals surface area contributed by atoms with Crippen molar-refractivity contribution in [2.45, 2.75) is 38.1 Å². The molecule has 2 N–H and O–H groups in total. The summed E-state index contributed by atoms with van der Waals surface area (Å²) in [5, 5.41) is 10.7. The molecule has 1 aliphatic rings. The quantitative estimate of drug-likeness (QED) is 0.381. The number of carbonyl (C=O) groups is 2. The lowest BCUT2D eigenvalue weighted by molar-refractivity contribution is -0.384. The number of non-ortho nitro benzene ring substituents is 1. The van der Waals surface area contributed by atoms with Crippen molar-refractivity contribution in [3.8, 4) is 0 Å². The highest BCUT2D eigenvalue weighted by atomic mass is 16.6. The summed E-state index contributed by atoms with van der Waals surface area (Å²) in [6, 6.07) is 3.68. The van der Waals surface area contributed by atoms with Crippen LogP contribution in [-0.2, 0) is 9.53 Å². The van der Waals surface area contributed by atoms with Crippen molar-refractivity contribution in [2.75, 3.05) is 19.4 Å². The van der Waals surface area contributed by atoms with Gasteiger partial charge in [-0.15, -0.1) is 0 Å². The number of nitrogens with two attached hydrogens (primary N) is 1. The first kappa shape index (κ1) is 17.7. The molecule has 1 saturated carbocycles. The molecule has 1 aliphatic carbocycles. The fraction of sp³-hybridized carbons (Fsp3) is 0.500. The van der Waals surface area contributed by atoms with Crippen LogP contribution in [0.1, 0.15) is 42.5 Å². The van der Waals surface area contributed by atoms with E-state index in [-0.39, 0.29) is 35.5 Å². The number of rotatable bonds is 5. The first-order valence-electron chi connectivity index (χ1n) is 7.87. The summed E-state index contributed by atoms with van der Waals surface area (Å²) in [5.41, 5.74) is 5.39. The monoisotopic (exact) mass is 335 g/mol. The van der Waals surface area contributed by atoms with Gasteiger partial charge in [-0.05, 0) is 18.9 Å². The molecule has 130 valence electrons. The number of anilines is 1. The second kappa shape index (κ2) is 7.76. The number of benzene rings is 1. The van der Waals surface area contributed by atoms with Gasteiger partial charge in [0, 0.05) is 25.2 Å². The van der Waals surface area contributed by atoms with E-state index < -0.39 is 10.9 Å². The van der Waals surface area contributed by atoms with Gasteiger partial charge in [-0.1, -0.05) is 19.3 Å². The summed E-state index contributed by atoms with van der Waals surface area (Å²) in [6.45, 7) is -0.373. The molecule has 0 atom stereocenters. The van der Waals surface area contributed by atoms with Gasteiger partial charge in [0.05, 0.1) is 16.2 Å². The summed E-state index contributed by atoms with van der Waals surface area (Å²) in [4.78, 5) is 35.8. The van der Waals surface area contributed by atoms with E-state index in [1.54, 1.807) is 11.9 Å². The number of nitrogens with zero attached hydrogens (tertiary/aromatic N) is 2. The molecule has 8 heteroatoms. The van der Waals surface area contributed by atoms with E-state index >= 15 is 0 Å². The Bertz CT molecular complexity index is 641. The third-order valence-electron chi connectivity index (χ3n) is 4.31. The van der Waals surface area contributed by atoms with Gasteiger partial charge in [-0.25, -0.2) is 4.79 Å². The van der Waals surface area contributed by atoms with Crippen LogP contribution in [0.15, 0.2) is 18.2 Å². The molecule has 24 heavy (non-hydrogen) atoms. The Hall–Kier alpha value is -2.64. The number of ether oxygens (including phenoxy) is 1. The minimum absolute atomic E-state index is 0.00807. The average molecular weight is 335 g/mol. The molecule has 2 rings (SSSR count). The molecule has 0 saturated heterocycles. The first-order valence-corrected chi connectivity index (χ1v) is 7.87. The summed E-state index contributed by atoms with van der Waals surface area (Å²) < 4.78 is 5.00. The minimum atomic E-state index is -0.771. The highest BCUT2D eigenvalue weighted by molar-refractivity contribution is 5.96. The number of esters is 1. The van der Waals surface area contributed by atoms with Crippen LogP contribution in [0, 0.1) is 10.1 Å². The molecule has 0 bridgehead atoms. The van der Waals surface area contributed by atoms with Crippen molar-refractivity contribution in [3.63, 3.8) is 0 Å². The molecule has 1 aromatic carbocycles. The van der Waals surface area contributed by atoms with Gasteiger partial charge in [0.15, 0.2) is 6.61 Å². The zero-order valence-corrected chi connectivity index (χ0v) is 13.6. The number of hydrogen-bond donors (Lipinski definition) is 1. The molecule has 1 fully saturated rings. The standard InChI is InChI=1S/C16H21N3O5/c1-18(11-5-3-2-4-6-11)15(20)10-24-16(21)13-8-7-12(19(22)23)9-14(13)17/h7-9,11H,2-6,10,17H2,1H3. The Morgan fingerprint density at radius 3 is 2.58 bits per heavy atom. The van der Waals surface area contributed by atoms with E-state index in [9.17, 15) is 19.7 Å². The molecular weight excluding hydrogens is 314 g/mol. The van der Waals surface area contributed by atoms with Crippen LogP contribution in [0.5, 0.6) is 0 Å². The largest absolute Gasteiger partial charge is 0.452 e. The highest BCUT2D eigenvalue weighted by Crippen LogP contribution is 2.22. The molecule has 0 aliphatic heterocycles. The van der Waals surface area contributed by atoms with Crippen molar-refractivity contribution < 1.29 is 19.2 Å². The van der Waals surface area contributed by atoms with Gasteiger partial charge in [0.25, 0.3) is 11.6 Å².